The number of piperazine rings is 1. The van der Waals surface area contributed by atoms with Crippen LogP contribution in [0.25, 0.3) is 0 Å². The molecule has 1 aliphatic rings. The SMILES string of the molecule is CC#CCN1CC(C)NCC1C. The van der Waals surface area contributed by atoms with Crippen molar-refractivity contribution in [3.63, 3.8) is 0 Å². The zero-order valence-corrected chi connectivity index (χ0v) is 8.22. The molecule has 0 amide bonds. The summed E-state index contributed by atoms with van der Waals surface area (Å²) in [6, 6.07) is 1.24. The lowest BCUT2D eigenvalue weighted by Gasteiger charge is -2.36. The van der Waals surface area contributed by atoms with Gasteiger partial charge in [-0.05, 0) is 20.8 Å². The second-order valence-electron chi connectivity index (χ2n) is 3.51. The molecule has 0 aromatic rings. The Balaban J connectivity index is 2.41. The van der Waals surface area contributed by atoms with Crippen LogP contribution < -0.4 is 5.32 Å². The van der Waals surface area contributed by atoms with E-state index >= 15 is 0 Å². The second kappa shape index (κ2) is 4.49. The number of nitrogens with one attached hydrogen (secondary N) is 1. The first-order chi connectivity index (χ1) is 5.74. The molecule has 2 unspecified atom stereocenters. The molecule has 1 aliphatic heterocycles. The molecular weight excluding hydrogens is 148 g/mol. The van der Waals surface area contributed by atoms with Crippen molar-refractivity contribution < 1.29 is 0 Å². The Kier molecular flexibility index (Phi) is 3.58. The molecule has 0 aliphatic carbocycles. The minimum atomic E-state index is 0.611. The fraction of sp³-hybridized carbons (Fsp3) is 0.800. The van der Waals surface area contributed by atoms with Gasteiger partial charge < -0.3 is 5.32 Å². The van der Waals surface area contributed by atoms with E-state index in [2.05, 4.69) is 35.9 Å². The van der Waals surface area contributed by atoms with E-state index in [1.807, 2.05) is 6.92 Å². The molecule has 1 N–H and O–H groups in total. The summed E-state index contributed by atoms with van der Waals surface area (Å²) in [6.45, 7) is 9.50. The van der Waals surface area contributed by atoms with Crippen molar-refractivity contribution in [1.29, 1.82) is 0 Å². The fourth-order valence-electron chi connectivity index (χ4n) is 1.50. The summed E-state index contributed by atoms with van der Waals surface area (Å²) in [5.74, 6) is 6.06. The maximum Gasteiger partial charge on any atom is 0.0604 e. The van der Waals surface area contributed by atoms with Gasteiger partial charge in [0.15, 0.2) is 0 Å². The Labute approximate surface area is 75.3 Å². The van der Waals surface area contributed by atoms with Crippen LogP contribution in [-0.2, 0) is 0 Å². The average molecular weight is 166 g/mol. The quantitative estimate of drug-likeness (QED) is 0.577. The van der Waals surface area contributed by atoms with Crippen LogP contribution in [0, 0.1) is 11.8 Å². The molecule has 0 bridgehead atoms. The van der Waals surface area contributed by atoms with Crippen LogP contribution in [0.5, 0.6) is 0 Å². The third kappa shape index (κ3) is 2.51. The molecule has 2 nitrogen and oxygen atoms in total. The lowest BCUT2D eigenvalue weighted by atomic mass is 10.1. The van der Waals surface area contributed by atoms with Crippen LogP contribution in [0.15, 0.2) is 0 Å². The van der Waals surface area contributed by atoms with Gasteiger partial charge in [-0.1, -0.05) is 5.92 Å². The van der Waals surface area contributed by atoms with Crippen molar-refractivity contribution in [2.75, 3.05) is 19.6 Å². The normalized spacial score (nSPS) is 30.9. The monoisotopic (exact) mass is 166 g/mol. The number of rotatable bonds is 1. The third-order valence-electron chi connectivity index (χ3n) is 2.35. The van der Waals surface area contributed by atoms with E-state index in [4.69, 9.17) is 0 Å². The van der Waals surface area contributed by atoms with Gasteiger partial charge in [0.1, 0.15) is 0 Å². The number of hydrogen-bond acceptors (Lipinski definition) is 2. The van der Waals surface area contributed by atoms with Crippen LogP contribution >= 0.6 is 0 Å². The lowest BCUT2D eigenvalue weighted by molar-refractivity contribution is 0.165. The molecule has 0 spiro atoms. The molecule has 1 fully saturated rings. The van der Waals surface area contributed by atoms with Crippen LogP contribution in [0.2, 0.25) is 0 Å². The smallest absolute Gasteiger partial charge is 0.0604 e. The molecule has 0 radical (unpaired) electrons. The van der Waals surface area contributed by atoms with E-state index in [-0.39, 0.29) is 0 Å². The highest BCUT2D eigenvalue weighted by Gasteiger charge is 2.20. The summed E-state index contributed by atoms with van der Waals surface area (Å²) >= 11 is 0. The maximum atomic E-state index is 3.45. The van der Waals surface area contributed by atoms with Crippen molar-refractivity contribution in [3.05, 3.63) is 0 Å². The van der Waals surface area contributed by atoms with Gasteiger partial charge in [-0.15, -0.1) is 5.92 Å². The lowest BCUT2D eigenvalue weighted by Crippen LogP contribution is -2.54. The zero-order valence-electron chi connectivity index (χ0n) is 8.22. The number of hydrogen-bond donors (Lipinski definition) is 1. The Morgan fingerprint density at radius 2 is 2.25 bits per heavy atom. The Morgan fingerprint density at radius 3 is 2.92 bits per heavy atom. The fourth-order valence-corrected chi connectivity index (χ4v) is 1.50. The molecule has 1 heterocycles. The van der Waals surface area contributed by atoms with E-state index in [0.29, 0.717) is 12.1 Å². The van der Waals surface area contributed by atoms with Crippen LogP contribution in [-0.4, -0.2) is 36.6 Å². The Morgan fingerprint density at radius 1 is 1.50 bits per heavy atom. The van der Waals surface area contributed by atoms with Crippen molar-refractivity contribution in [1.82, 2.24) is 10.2 Å². The summed E-state index contributed by atoms with van der Waals surface area (Å²) in [7, 11) is 0. The van der Waals surface area contributed by atoms with Gasteiger partial charge in [-0.2, -0.15) is 0 Å². The highest BCUT2D eigenvalue weighted by molar-refractivity contribution is 4.99. The molecule has 0 saturated carbocycles. The molecule has 2 atom stereocenters. The van der Waals surface area contributed by atoms with E-state index in [1.165, 1.54) is 0 Å². The van der Waals surface area contributed by atoms with Crippen molar-refractivity contribution in [3.8, 4) is 11.8 Å². The number of nitrogens with zero attached hydrogens (tertiary/aromatic N) is 1. The van der Waals surface area contributed by atoms with Gasteiger partial charge in [-0.3, -0.25) is 4.90 Å². The molecule has 0 aromatic heterocycles. The highest BCUT2D eigenvalue weighted by atomic mass is 15.2. The third-order valence-corrected chi connectivity index (χ3v) is 2.35. The average Bonchev–Trinajstić information content (AvgIpc) is 2.07. The Bertz CT molecular complexity index is 190. The predicted octanol–water partition coefficient (Wildman–Crippen LogP) is 0.692. The van der Waals surface area contributed by atoms with E-state index in [9.17, 15) is 0 Å². The minimum Gasteiger partial charge on any atom is -0.311 e. The largest absolute Gasteiger partial charge is 0.311 e. The Hall–Kier alpha value is -0.520. The van der Waals surface area contributed by atoms with Gasteiger partial charge >= 0.3 is 0 Å². The molecule has 1 rings (SSSR count). The van der Waals surface area contributed by atoms with Gasteiger partial charge in [-0.25, -0.2) is 0 Å². The molecule has 12 heavy (non-hydrogen) atoms. The van der Waals surface area contributed by atoms with E-state index in [1.54, 1.807) is 0 Å². The summed E-state index contributed by atoms with van der Waals surface area (Å²) in [5, 5.41) is 3.45. The molecule has 0 aromatic carbocycles. The van der Waals surface area contributed by atoms with Gasteiger partial charge in [0.2, 0.25) is 0 Å². The zero-order chi connectivity index (χ0) is 8.97. The van der Waals surface area contributed by atoms with Crippen LogP contribution in [0.3, 0.4) is 0 Å². The van der Waals surface area contributed by atoms with Gasteiger partial charge in [0.25, 0.3) is 0 Å². The van der Waals surface area contributed by atoms with Gasteiger partial charge in [0.05, 0.1) is 6.54 Å². The van der Waals surface area contributed by atoms with E-state index in [0.717, 1.165) is 19.6 Å². The van der Waals surface area contributed by atoms with Crippen LogP contribution in [0.1, 0.15) is 20.8 Å². The van der Waals surface area contributed by atoms with Crippen molar-refractivity contribution >= 4 is 0 Å². The summed E-state index contributed by atoms with van der Waals surface area (Å²) in [5.41, 5.74) is 0. The second-order valence-corrected chi connectivity index (χ2v) is 3.51. The highest BCUT2D eigenvalue weighted by Crippen LogP contribution is 2.04. The van der Waals surface area contributed by atoms with Crippen LogP contribution in [0.4, 0.5) is 0 Å². The summed E-state index contributed by atoms with van der Waals surface area (Å²) < 4.78 is 0. The van der Waals surface area contributed by atoms with Crippen molar-refractivity contribution in [2.45, 2.75) is 32.9 Å². The first kappa shape index (κ1) is 9.57. The summed E-state index contributed by atoms with van der Waals surface area (Å²) in [4.78, 5) is 2.43. The molecular formula is C10H18N2. The maximum absolute atomic E-state index is 3.45. The summed E-state index contributed by atoms with van der Waals surface area (Å²) in [6.07, 6.45) is 0. The molecule has 1 saturated heterocycles. The molecule has 2 heteroatoms. The first-order valence-electron chi connectivity index (χ1n) is 4.61. The minimum absolute atomic E-state index is 0.611. The topological polar surface area (TPSA) is 15.3 Å². The van der Waals surface area contributed by atoms with Gasteiger partial charge in [0, 0.05) is 25.2 Å². The molecule has 68 valence electrons. The van der Waals surface area contributed by atoms with E-state index < -0.39 is 0 Å². The first-order valence-corrected chi connectivity index (χ1v) is 4.61. The van der Waals surface area contributed by atoms with Crippen molar-refractivity contribution in [2.24, 2.45) is 0 Å². The predicted molar refractivity (Wildman–Crippen MR) is 51.9 cm³/mol. The standard InChI is InChI=1S/C10H18N2/c1-4-5-6-12-8-9(2)11-7-10(12)3/h9-11H,6-8H2,1-3H3.